The Morgan fingerprint density at radius 2 is 2.05 bits per heavy atom. The number of ether oxygens (including phenoxy) is 1. The van der Waals surface area contributed by atoms with Gasteiger partial charge in [0.05, 0.1) is 18.6 Å². The van der Waals surface area contributed by atoms with Crippen LogP contribution in [0, 0.1) is 6.92 Å². The molecule has 1 aliphatic rings. The number of fused-ring (bicyclic) bond motifs is 3. The van der Waals surface area contributed by atoms with Crippen molar-refractivity contribution < 1.29 is 9.15 Å². The number of morpholine rings is 1. The van der Waals surface area contributed by atoms with Gasteiger partial charge in [-0.2, -0.15) is 4.98 Å². The summed E-state index contributed by atoms with van der Waals surface area (Å²) in [6.07, 6.45) is 1.77. The molecule has 0 aliphatic carbocycles. The first-order valence-corrected chi connectivity index (χ1v) is 7.15. The van der Waals surface area contributed by atoms with E-state index in [-0.39, 0.29) is 5.28 Å². The first kappa shape index (κ1) is 12.8. The van der Waals surface area contributed by atoms with Gasteiger partial charge in [0.15, 0.2) is 11.4 Å². The normalized spacial score (nSPS) is 16.0. The van der Waals surface area contributed by atoms with E-state index in [2.05, 4.69) is 19.9 Å². The van der Waals surface area contributed by atoms with Crippen LogP contribution in [0.1, 0.15) is 5.56 Å². The van der Waals surface area contributed by atoms with Crippen molar-refractivity contribution >= 4 is 39.6 Å². The molecule has 7 heteroatoms. The van der Waals surface area contributed by atoms with Crippen LogP contribution in [-0.2, 0) is 4.74 Å². The van der Waals surface area contributed by atoms with Gasteiger partial charge in [-0.1, -0.05) is 0 Å². The zero-order valence-electron chi connectivity index (χ0n) is 11.5. The predicted molar refractivity (Wildman–Crippen MR) is 79.9 cm³/mol. The van der Waals surface area contributed by atoms with Crippen molar-refractivity contribution in [3.8, 4) is 0 Å². The van der Waals surface area contributed by atoms with Gasteiger partial charge in [-0.05, 0) is 30.2 Å². The van der Waals surface area contributed by atoms with E-state index in [0.29, 0.717) is 35.8 Å². The number of nitrogens with zero attached hydrogens (tertiary/aromatic N) is 4. The van der Waals surface area contributed by atoms with Gasteiger partial charge in [-0.15, -0.1) is 0 Å². The van der Waals surface area contributed by atoms with Crippen LogP contribution in [0.4, 0.5) is 5.82 Å². The third-order valence-electron chi connectivity index (χ3n) is 3.57. The molecule has 0 bridgehead atoms. The number of rotatable bonds is 1. The van der Waals surface area contributed by atoms with Crippen LogP contribution in [0.15, 0.2) is 16.7 Å². The quantitative estimate of drug-likeness (QED) is 0.644. The SMILES string of the molecule is Cc1cnc2oc3c(N4CCOCC4)nc(Cl)nc3c2c1. The highest BCUT2D eigenvalue weighted by Gasteiger charge is 2.22. The lowest BCUT2D eigenvalue weighted by Crippen LogP contribution is -2.36. The van der Waals surface area contributed by atoms with Gasteiger partial charge < -0.3 is 14.1 Å². The van der Waals surface area contributed by atoms with E-state index in [1.54, 1.807) is 6.20 Å². The summed E-state index contributed by atoms with van der Waals surface area (Å²) in [7, 11) is 0. The minimum Gasteiger partial charge on any atom is -0.432 e. The summed E-state index contributed by atoms with van der Waals surface area (Å²) in [6.45, 7) is 4.83. The third kappa shape index (κ3) is 2.11. The molecule has 0 amide bonds. The fourth-order valence-corrected chi connectivity index (χ4v) is 2.75. The van der Waals surface area contributed by atoms with Crippen LogP contribution in [0.3, 0.4) is 0 Å². The first-order valence-electron chi connectivity index (χ1n) is 6.77. The average Bonchev–Trinajstić information content (AvgIpc) is 2.85. The molecule has 1 fully saturated rings. The smallest absolute Gasteiger partial charge is 0.229 e. The molecule has 0 N–H and O–H groups in total. The Balaban J connectivity index is 1.99. The summed E-state index contributed by atoms with van der Waals surface area (Å²) < 4.78 is 11.2. The van der Waals surface area contributed by atoms with Crippen LogP contribution in [0.25, 0.3) is 22.2 Å². The summed E-state index contributed by atoms with van der Waals surface area (Å²) in [5, 5.41) is 1.08. The molecule has 1 aliphatic heterocycles. The summed E-state index contributed by atoms with van der Waals surface area (Å²) >= 11 is 6.10. The molecule has 1 saturated heterocycles. The van der Waals surface area contributed by atoms with Gasteiger partial charge in [0.25, 0.3) is 0 Å². The van der Waals surface area contributed by atoms with Crippen molar-refractivity contribution in [2.75, 3.05) is 31.2 Å². The Bertz CT molecular complexity index is 827. The number of aryl methyl sites for hydroxylation is 1. The Labute approximate surface area is 125 Å². The molecule has 0 atom stereocenters. The highest BCUT2D eigenvalue weighted by Crippen LogP contribution is 2.33. The molecule has 0 saturated carbocycles. The topological polar surface area (TPSA) is 64.3 Å². The number of halogens is 1. The van der Waals surface area contributed by atoms with Gasteiger partial charge in [0.2, 0.25) is 11.0 Å². The van der Waals surface area contributed by atoms with Crippen LogP contribution < -0.4 is 4.90 Å². The molecule has 0 unspecified atom stereocenters. The lowest BCUT2D eigenvalue weighted by Gasteiger charge is -2.27. The number of hydrogen-bond donors (Lipinski definition) is 0. The molecule has 4 rings (SSSR count). The van der Waals surface area contributed by atoms with E-state index >= 15 is 0 Å². The molecule has 108 valence electrons. The zero-order valence-corrected chi connectivity index (χ0v) is 12.2. The van der Waals surface area contributed by atoms with Crippen LogP contribution in [0.5, 0.6) is 0 Å². The molecule has 3 aromatic heterocycles. The van der Waals surface area contributed by atoms with Gasteiger partial charge in [-0.25, -0.2) is 9.97 Å². The first-order chi connectivity index (χ1) is 10.2. The van der Waals surface area contributed by atoms with Crippen molar-refractivity contribution in [2.24, 2.45) is 0 Å². The molecule has 6 nitrogen and oxygen atoms in total. The van der Waals surface area contributed by atoms with E-state index in [4.69, 9.17) is 20.8 Å². The number of furan rings is 1. The maximum atomic E-state index is 6.10. The maximum absolute atomic E-state index is 6.10. The summed E-state index contributed by atoms with van der Waals surface area (Å²) in [4.78, 5) is 15.1. The highest BCUT2D eigenvalue weighted by molar-refractivity contribution is 6.29. The summed E-state index contributed by atoms with van der Waals surface area (Å²) in [5.74, 6) is 0.712. The number of anilines is 1. The third-order valence-corrected chi connectivity index (χ3v) is 3.74. The molecule has 21 heavy (non-hydrogen) atoms. The standard InChI is InChI=1S/C14H13ClN4O2/c1-8-6-9-10-11(21-13(9)16-7-8)12(18-14(15)17-10)19-2-4-20-5-3-19/h6-7H,2-5H2,1H3. The van der Waals surface area contributed by atoms with Gasteiger partial charge in [-0.3, -0.25) is 0 Å². The van der Waals surface area contributed by atoms with Crippen molar-refractivity contribution in [1.29, 1.82) is 0 Å². The molecule has 3 aromatic rings. The fraction of sp³-hybridized carbons (Fsp3) is 0.357. The maximum Gasteiger partial charge on any atom is 0.229 e. The number of pyridine rings is 1. The molecule has 4 heterocycles. The number of aromatic nitrogens is 3. The fourth-order valence-electron chi connectivity index (χ4n) is 2.58. The second-order valence-electron chi connectivity index (χ2n) is 5.06. The highest BCUT2D eigenvalue weighted by atomic mass is 35.5. The molecule has 0 spiro atoms. The van der Waals surface area contributed by atoms with Crippen molar-refractivity contribution in [1.82, 2.24) is 15.0 Å². The summed E-state index contributed by atoms with van der Waals surface area (Å²) in [5.41, 5.74) is 2.95. The lowest BCUT2D eigenvalue weighted by atomic mass is 10.2. The number of hydrogen-bond acceptors (Lipinski definition) is 6. The largest absolute Gasteiger partial charge is 0.432 e. The van der Waals surface area contributed by atoms with E-state index in [1.165, 1.54) is 0 Å². The monoisotopic (exact) mass is 304 g/mol. The van der Waals surface area contributed by atoms with Gasteiger partial charge >= 0.3 is 0 Å². The molecular formula is C14H13ClN4O2. The minimum absolute atomic E-state index is 0.216. The van der Waals surface area contributed by atoms with Crippen molar-refractivity contribution in [2.45, 2.75) is 6.92 Å². The molecular weight excluding hydrogens is 292 g/mol. The van der Waals surface area contributed by atoms with Crippen LogP contribution in [0.2, 0.25) is 5.28 Å². The van der Waals surface area contributed by atoms with E-state index in [9.17, 15) is 0 Å². The van der Waals surface area contributed by atoms with E-state index in [1.807, 2.05) is 13.0 Å². The Kier molecular flexibility index (Phi) is 2.94. The average molecular weight is 305 g/mol. The second-order valence-corrected chi connectivity index (χ2v) is 5.40. The predicted octanol–water partition coefficient (Wildman–Crippen LogP) is 2.57. The van der Waals surface area contributed by atoms with E-state index < -0.39 is 0 Å². The van der Waals surface area contributed by atoms with Crippen LogP contribution >= 0.6 is 11.6 Å². The molecule has 0 radical (unpaired) electrons. The zero-order chi connectivity index (χ0) is 14.4. The van der Waals surface area contributed by atoms with Gasteiger partial charge in [0.1, 0.15) is 5.52 Å². The second kappa shape index (κ2) is 4.82. The molecule has 0 aromatic carbocycles. The summed E-state index contributed by atoms with van der Waals surface area (Å²) in [6, 6.07) is 2.00. The van der Waals surface area contributed by atoms with Crippen molar-refractivity contribution in [3.63, 3.8) is 0 Å². The van der Waals surface area contributed by atoms with E-state index in [0.717, 1.165) is 24.0 Å². The Morgan fingerprint density at radius 3 is 2.86 bits per heavy atom. The Morgan fingerprint density at radius 1 is 1.24 bits per heavy atom. The van der Waals surface area contributed by atoms with Crippen LogP contribution in [-0.4, -0.2) is 41.3 Å². The minimum atomic E-state index is 0.216. The lowest BCUT2D eigenvalue weighted by molar-refractivity contribution is 0.122. The Hall–Kier alpha value is -1.92. The van der Waals surface area contributed by atoms with Crippen molar-refractivity contribution in [3.05, 3.63) is 23.1 Å². The van der Waals surface area contributed by atoms with Gasteiger partial charge in [0, 0.05) is 19.3 Å².